The molecule has 0 spiro atoms. The van der Waals surface area contributed by atoms with Crippen LogP contribution in [0, 0.1) is 5.41 Å². The third kappa shape index (κ3) is 3.35. The molecular formula is C22H25ClN4O2. The van der Waals surface area contributed by atoms with Gasteiger partial charge in [0.05, 0.1) is 5.56 Å². The van der Waals surface area contributed by atoms with Crippen LogP contribution in [0.3, 0.4) is 0 Å². The minimum absolute atomic E-state index is 0.0394. The lowest BCUT2D eigenvalue weighted by Gasteiger charge is -2.55. The van der Waals surface area contributed by atoms with Crippen molar-refractivity contribution in [3.05, 3.63) is 64.7 Å². The van der Waals surface area contributed by atoms with E-state index in [0.29, 0.717) is 17.0 Å². The molecule has 0 radical (unpaired) electrons. The maximum absolute atomic E-state index is 12.2. The topological polar surface area (TPSA) is 75.3 Å². The standard InChI is InChI=1S/C22H25ClN4O2/c1-14(2)15-5-7-17(8-6-15)22(28,21(3)12-27(4)13-21)18-9-16(10-24-11-18)19-25-20(23)26-29-19/h5-11,14,28H,12-13H2,1-4H3/t22-/m0/s1. The molecule has 3 heterocycles. The third-order valence-corrected chi connectivity index (χ3v) is 6.06. The van der Waals surface area contributed by atoms with Gasteiger partial charge >= 0.3 is 0 Å². The Morgan fingerprint density at radius 3 is 2.41 bits per heavy atom. The zero-order valence-corrected chi connectivity index (χ0v) is 17.8. The van der Waals surface area contributed by atoms with Gasteiger partial charge in [-0.15, -0.1) is 0 Å². The molecule has 7 heteroatoms. The van der Waals surface area contributed by atoms with Crippen LogP contribution in [0.25, 0.3) is 11.5 Å². The molecule has 0 unspecified atom stereocenters. The summed E-state index contributed by atoms with van der Waals surface area (Å²) in [6.07, 6.45) is 3.34. The first-order chi connectivity index (χ1) is 13.7. The summed E-state index contributed by atoms with van der Waals surface area (Å²) in [4.78, 5) is 10.6. The highest BCUT2D eigenvalue weighted by Gasteiger charge is 2.55. The summed E-state index contributed by atoms with van der Waals surface area (Å²) in [6, 6.07) is 10.1. The van der Waals surface area contributed by atoms with Crippen molar-refractivity contribution in [1.82, 2.24) is 20.0 Å². The molecule has 1 saturated heterocycles. The average Bonchev–Trinajstić information content (AvgIpc) is 3.13. The lowest BCUT2D eigenvalue weighted by atomic mass is 9.62. The van der Waals surface area contributed by atoms with Gasteiger partial charge in [0, 0.05) is 36.5 Å². The van der Waals surface area contributed by atoms with Gasteiger partial charge in [0.25, 0.3) is 11.2 Å². The van der Waals surface area contributed by atoms with Crippen LogP contribution in [0.4, 0.5) is 0 Å². The van der Waals surface area contributed by atoms with Crippen LogP contribution >= 0.6 is 11.6 Å². The van der Waals surface area contributed by atoms with Gasteiger partial charge in [-0.05, 0) is 46.9 Å². The molecule has 0 amide bonds. The van der Waals surface area contributed by atoms with Crippen molar-refractivity contribution >= 4 is 11.6 Å². The fourth-order valence-corrected chi connectivity index (χ4v) is 4.54. The zero-order chi connectivity index (χ0) is 20.8. The van der Waals surface area contributed by atoms with E-state index in [1.807, 2.05) is 18.2 Å². The van der Waals surface area contributed by atoms with Gasteiger partial charge in [0.15, 0.2) is 0 Å². The molecule has 29 heavy (non-hydrogen) atoms. The lowest BCUT2D eigenvalue weighted by molar-refractivity contribution is -0.127. The predicted octanol–water partition coefficient (Wildman–Crippen LogP) is 4.10. The molecule has 0 aliphatic carbocycles. The molecule has 1 aromatic carbocycles. The normalized spacial score (nSPS) is 18.4. The first-order valence-electron chi connectivity index (χ1n) is 9.69. The Morgan fingerprint density at radius 1 is 1.17 bits per heavy atom. The molecular weight excluding hydrogens is 388 g/mol. The number of hydrogen-bond acceptors (Lipinski definition) is 6. The minimum atomic E-state index is -1.22. The van der Waals surface area contributed by atoms with Crippen molar-refractivity contribution in [2.24, 2.45) is 5.41 Å². The van der Waals surface area contributed by atoms with E-state index in [4.69, 9.17) is 16.1 Å². The van der Waals surface area contributed by atoms with Crippen molar-refractivity contribution in [2.75, 3.05) is 20.1 Å². The second-order valence-electron chi connectivity index (χ2n) is 8.55. The van der Waals surface area contributed by atoms with Gasteiger partial charge in [0.2, 0.25) is 0 Å². The van der Waals surface area contributed by atoms with E-state index in [0.717, 1.165) is 18.7 Å². The maximum Gasteiger partial charge on any atom is 0.264 e. The van der Waals surface area contributed by atoms with E-state index in [1.165, 1.54) is 5.56 Å². The summed E-state index contributed by atoms with van der Waals surface area (Å²) in [5.74, 6) is 0.701. The summed E-state index contributed by atoms with van der Waals surface area (Å²) >= 11 is 5.81. The molecule has 1 atom stereocenters. The number of rotatable bonds is 5. The summed E-state index contributed by atoms with van der Waals surface area (Å²) in [5.41, 5.74) is 1.81. The van der Waals surface area contributed by atoms with Gasteiger partial charge in [-0.1, -0.05) is 45.0 Å². The van der Waals surface area contributed by atoms with E-state index < -0.39 is 5.60 Å². The number of pyridine rings is 1. The van der Waals surface area contributed by atoms with Crippen LogP contribution in [0.15, 0.2) is 47.2 Å². The highest BCUT2D eigenvalue weighted by molar-refractivity contribution is 6.28. The van der Waals surface area contributed by atoms with Crippen molar-refractivity contribution in [2.45, 2.75) is 32.3 Å². The molecule has 0 bridgehead atoms. The molecule has 0 saturated carbocycles. The van der Waals surface area contributed by atoms with Crippen LogP contribution in [-0.2, 0) is 5.60 Å². The molecule has 1 fully saturated rings. The minimum Gasteiger partial charge on any atom is -0.380 e. The maximum atomic E-state index is 12.2. The number of halogens is 1. The lowest BCUT2D eigenvalue weighted by Crippen LogP contribution is -2.63. The molecule has 6 nitrogen and oxygen atoms in total. The summed E-state index contributed by atoms with van der Waals surface area (Å²) in [6.45, 7) is 7.97. The van der Waals surface area contributed by atoms with E-state index in [9.17, 15) is 5.11 Å². The van der Waals surface area contributed by atoms with Gasteiger partial charge in [-0.3, -0.25) is 4.98 Å². The summed E-state index contributed by atoms with van der Waals surface area (Å²) in [5, 5.41) is 15.9. The summed E-state index contributed by atoms with van der Waals surface area (Å²) in [7, 11) is 2.05. The Balaban J connectivity index is 1.83. The van der Waals surface area contributed by atoms with E-state index >= 15 is 0 Å². The molecule has 4 rings (SSSR count). The number of benzene rings is 1. The Morgan fingerprint density at radius 2 is 1.86 bits per heavy atom. The first kappa shape index (κ1) is 20.0. The third-order valence-electron chi connectivity index (χ3n) is 5.91. The fraction of sp³-hybridized carbons (Fsp3) is 0.409. The highest BCUT2D eigenvalue weighted by atomic mass is 35.5. The quantitative estimate of drug-likeness (QED) is 0.680. The van der Waals surface area contributed by atoms with Crippen molar-refractivity contribution in [3.8, 4) is 11.5 Å². The largest absolute Gasteiger partial charge is 0.380 e. The fourth-order valence-electron chi connectivity index (χ4n) is 4.42. The molecule has 2 aromatic heterocycles. The number of likely N-dealkylation sites (tertiary alicyclic amines) is 1. The molecule has 1 N–H and O–H groups in total. The molecule has 1 aliphatic rings. The van der Waals surface area contributed by atoms with E-state index in [1.54, 1.807) is 12.4 Å². The van der Waals surface area contributed by atoms with Crippen LogP contribution in [-0.4, -0.2) is 45.3 Å². The SMILES string of the molecule is CC(C)c1ccc([C@](O)(c2cncc(-c3nc(Cl)no3)c2)C2(C)CN(C)C2)cc1. The second-order valence-corrected chi connectivity index (χ2v) is 8.89. The van der Waals surface area contributed by atoms with Gasteiger partial charge in [-0.2, -0.15) is 4.98 Å². The van der Waals surface area contributed by atoms with Crippen LogP contribution in [0.1, 0.15) is 43.4 Å². The Labute approximate surface area is 175 Å². The van der Waals surface area contributed by atoms with Gasteiger partial charge in [0.1, 0.15) is 5.60 Å². The van der Waals surface area contributed by atoms with Crippen LogP contribution < -0.4 is 0 Å². The van der Waals surface area contributed by atoms with Gasteiger partial charge in [-0.25, -0.2) is 0 Å². The van der Waals surface area contributed by atoms with Crippen molar-refractivity contribution in [1.29, 1.82) is 0 Å². The monoisotopic (exact) mass is 412 g/mol. The number of nitrogens with zero attached hydrogens (tertiary/aromatic N) is 4. The molecule has 152 valence electrons. The Bertz CT molecular complexity index is 1010. The van der Waals surface area contributed by atoms with Crippen LogP contribution in [0.5, 0.6) is 0 Å². The van der Waals surface area contributed by atoms with Crippen molar-refractivity contribution < 1.29 is 9.63 Å². The second kappa shape index (κ2) is 7.20. The predicted molar refractivity (Wildman–Crippen MR) is 112 cm³/mol. The molecule has 1 aliphatic heterocycles. The first-order valence-corrected chi connectivity index (χ1v) is 10.1. The average molecular weight is 413 g/mol. The van der Waals surface area contributed by atoms with Crippen molar-refractivity contribution in [3.63, 3.8) is 0 Å². The smallest absolute Gasteiger partial charge is 0.264 e. The number of aliphatic hydroxyl groups is 1. The zero-order valence-electron chi connectivity index (χ0n) is 17.1. The highest BCUT2D eigenvalue weighted by Crippen LogP contribution is 2.50. The Hall–Kier alpha value is -2.28. The van der Waals surface area contributed by atoms with Gasteiger partial charge < -0.3 is 14.5 Å². The number of hydrogen-bond donors (Lipinski definition) is 1. The Kier molecular flexibility index (Phi) is 4.97. The van der Waals surface area contributed by atoms with E-state index in [2.05, 4.69) is 60.0 Å². The molecule has 3 aromatic rings. The number of aromatic nitrogens is 3. The van der Waals surface area contributed by atoms with Crippen LogP contribution in [0.2, 0.25) is 5.28 Å². The summed E-state index contributed by atoms with van der Waals surface area (Å²) < 4.78 is 5.19. The van der Waals surface area contributed by atoms with E-state index in [-0.39, 0.29) is 16.6 Å².